The molecule has 0 aliphatic carbocycles. The fraction of sp³-hybridized carbons (Fsp3) is 0.368. The van der Waals surface area contributed by atoms with Gasteiger partial charge in [0.1, 0.15) is 0 Å². The second-order valence-electron chi connectivity index (χ2n) is 6.31. The standard InChI is InChI=1S/C19H24N6O2/c1-15(26)16-3-5-17(6-4-16)24-11-13-25(14-12-24)19(27)23-10-9-22-18-20-7-2-8-21-18/h2-8H,9-14H2,1H3,(H,23,27)(H,20,21,22). The molecule has 27 heavy (non-hydrogen) atoms. The Hall–Kier alpha value is -3.16. The number of piperazine rings is 1. The lowest BCUT2D eigenvalue weighted by Crippen LogP contribution is -2.52. The van der Waals surface area contributed by atoms with Crippen molar-refractivity contribution in [2.24, 2.45) is 0 Å². The first kappa shape index (κ1) is 18.6. The Kier molecular flexibility index (Phi) is 6.19. The fourth-order valence-electron chi connectivity index (χ4n) is 2.92. The molecule has 0 radical (unpaired) electrons. The third-order valence-electron chi connectivity index (χ3n) is 4.46. The van der Waals surface area contributed by atoms with Crippen LogP contribution < -0.4 is 15.5 Å². The van der Waals surface area contributed by atoms with Crippen molar-refractivity contribution in [1.29, 1.82) is 0 Å². The number of carbonyl (C=O) groups is 2. The van der Waals surface area contributed by atoms with E-state index in [2.05, 4.69) is 25.5 Å². The van der Waals surface area contributed by atoms with Gasteiger partial charge in [-0.15, -0.1) is 0 Å². The Morgan fingerprint density at radius 3 is 2.30 bits per heavy atom. The minimum absolute atomic E-state index is 0.0580. The molecule has 142 valence electrons. The number of aromatic nitrogens is 2. The maximum Gasteiger partial charge on any atom is 0.317 e. The molecule has 0 unspecified atom stereocenters. The van der Waals surface area contributed by atoms with E-state index in [0.29, 0.717) is 37.7 Å². The van der Waals surface area contributed by atoms with Gasteiger partial charge in [-0.05, 0) is 37.3 Å². The molecule has 1 fully saturated rings. The molecule has 0 saturated carbocycles. The average molecular weight is 368 g/mol. The molecule has 8 nitrogen and oxygen atoms in total. The smallest absolute Gasteiger partial charge is 0.317 e. The molecule has 2 heterocycles. The second kappa shape index (κ2) is 8.98. The summed E-state index contributed by atoms with van der Waals surface area (Å²) in [6.45, 7) is 5.49. The largest absolute Gasteiger partial charge is 0.368 e. The Morgan fingerprint density at radius 2 is 1.67 bits per heavy atom. The van der Waals surface area contributed by atoms with Crippen LogP contribution in [-0.2, 0) is 0 Å². The van der Waals surface area contributed by atoms with E-state index in [1.165, 1.54) is 0 Å². The third-order valence-corrected chi connectivity index (χ3v) is 4.46. The van der Waals surface area contributed by atoms with Crippen molar-refractivity contribution in [2.45, 2.75) is 6.92 Å². The maximum atomic E-state index is 12.3. The highest BCUT2D eigenvalue weighted by molar-refractivity contribution is 5.94. The number of anilines is 2. The summed E-state index contributed by atoms with van der Waals surface area (Å²) in [7, 11) is 0. The van der Waals surface area contributed by atoms with Crippen molar-refractivity contribution in [1.82, 2.24) is 20.2 Å². The number of rotatable bonds is 6. The molecule has 1 aliphatic heterocycles. The highest BCUT2D eigenvalue weighted by Gasteiger charge is 2.21. The predicted molar refractivity (Wildman–Crippen MR) is 104 cm³/mol. The number of hydrogen-bond acceptors (Lipinski definition) is 6. The van der Waals surface area contributed by atoms with Crippen LogP contribution in [0.3, 0.4) is 0 Å². The predicted octanol–water partition coefficient (Wildman–Crippen LogP) is 1.62. The van der Waals surface area contributed by atoms with Crippen LogP contribution in [0, 0.1) is 0 Å². The molecule has 3 rings (SSSR count). The summed E-state index contributed by atoms with van der Waals surface area (Å²) in [5.41, 5.74) is 1.79. The number of ketones is 1. The van der Waals surface area contributed by atoms with Crippen LogP contribution in [0.15, 0.2) is 42.7 Å². The lowest BCUT2D eigenvalue weighted by Gasteiger charge is -2.36. The Labute approximate surface area is 158 Å². The maximum absolute atomic E-state index is 12.3. The SMILES string of the molecule is CC(=O)c1ccc(N2CCN(C(=O)NCCNc3ncccn3)CC2)cc1. The molecular weight excluding hydrogens is 344 g/mol. The molecule has 8 heteroatoms. The summed E-state index contributed by atoms with van der Waals surface area (Å²) in [5, 5.41) is 5.97. The van der Waals surface area contributed by atoms with E-state index >= 15 is 0 Å². The molecule has 0 bridgehead atoms. The lowest BCUT2D eigenvalue weighted by molar-refractivity contribution is 0.101. The highest BCUT2D eigenvalue weighted by Crippen LogP contribution is 2.17. The van der Waals surface area contributed by atoms with E-state index in [1.54, 1.807) is 25.4 Å². The molecule has 0 spiro atoms. The van der Waals surface area contributed by atoms with Crippen LogP contribution in [0.2, 0.25) is 0 Å². The van der Waals surface area contributed by atoms with Gasteiger partial charge >= 0.3 is 6.03 Å². The van der Waals surface area contributed by atoms with Gasteiger partial charge in [-0.25, -0.2) is 14.8 Å². The molecule has 1 aromatic heterocycles. The van der Waals surface area contributed by atoms with Gasteiger partial charge < -0.3 is 20.4 Å². The number of urea groups is 1. The molecule has 2 amide bonds. The van der Waals surface area contributed by atoms with Crippen LogP contribution in [-0.4, -0.2) is 66.0 Å². The van der Waals surface area contributed by atoms with E-state index in [9.17, 15) is 9.59 Å². The lowest BCUT2D eigenvalue weighted by atomic mass is 10.1. The van der Waals surface area contributed by atoms with E-state index in [0.717, 1.165) is 18.8 Å². The first-order chi connectivity index (χ1) is 13.1. The van der Waals surface area contributed by atoms with Crippen LogP contribution in [0.1, 0.15) is 17.3 Å². The Morgan fingerprint density at radius 1 is 1.00 bits per heavy atom. The van der Waals surface area contributed by atoms with Crippen LogP contribution in [0.4, 0.5) is 16.4 Å². The normalized spacial score (nSPS) is 14.0. The number of amides is 2. The van der Waals surface area contributed by atoms with E-state index in [4.69, 9.17) is 0 Å². The van der Waals surface area contributed by atoms with Gasteiger partial charge in [0.05, 0.1) is 0 Å². The van der Waals surface area contributed by atoms with E-state index in [-0.39, 0.29) is 11.8 Å². The van der Waals surface area contributed by atoms with Crippen molar-refractivity contribution in [2.75, 3.05) is 49.5 Å². The van der Waals surface area contributed by atoms with Gasteiger partial charge in [0.15, 0.2) is 5.78 Å². The highest BCUT2D eigenvalue weighted by atomic mass is 16.2. The topological polar surface area (TPSA) is 90.5 Å². The minimum Gasteiger partial charge on any atom is -0.368 e. The summed E-state index contributed by atoms with van der Waals surface area (Å²) in [6.07, 6.45) is 3.34. The van der Waals surface area contributed by atoms with Gasteiger partial charge in [-0.2, -0.15) is 0 Å². The van der Waals surface area contributed by atoms with Crippen LogP contribution >= 0.6 is 0 Å². The molecule has 0 atom stereocenters. The molecule has 1 aromatic carbocycles. The van der Waals surface area contributed by atoms with Crippen molar-refractivity contribution in [3.63, 3.8) is 0 Å². The number of Topliss-reactive ketones (excluding diaryl/α,β-unsaturated/α-hetero) is 1. The van der Waals surface area contributed by atoms with Gasteiger partial charge in [-0.3, -0.25) is 4.79 Å². The molecule has 1 aliphatic rings. The summed E-state index contributed by atoms with van der Waals surface area (Å²) in [5.74, 6) is 0.618. The first-order valence-electron chi connectivity index (χ1n) is 9.03. The van der Waals surface area contributed by atoms with Crippen molar-refractivity contribution >= 4 is 23.5 Å². The summed E-state index contributed by atoms with van der Waals surface area (Å²) in [4.78, 5) is 35.8. The van der Waals surface area contributed by atoms with Crippen molar-refractivity contribution in [3.05, 3.63) is 48.3 Å². The van der Waals surface area contributed by atoms with Crippen molar-refractivity contribution in [3.8, 4) is 0 Å². The van der Waals surface area contributed by atoms with Crippen molar-refractivity contribution < 1.29 is 9.59 Å². The summed E-state index contributed by atoms with van der Waals surface area (Å²) >= 11 is 0. The zero-order chi connectivity index (χ0) is 19.1. The van der Waals surface area contributed by atoms with Gasteiger partial charge in [-0.1, -0.05) is 0 Å². The molecule has 1 saturated heterocycles. The van der Waals surface area contributed by atoms with Gasteiger partial charge in [0.25, 0.3) is 0 Å². The molecule has 2 aromatic rings. The first-order valence-corrected chi connectivity index (χ1v) is 9.03. The Balaban J connectivity index is 1.39. The summed E-state index contributed by atoms with van der Waals surface area (Å²) < 4.78 is 0. The zero-order valence-electron chi connectivity index (χ0n) is 15.4. The van der Waals surface area contributed by atoms with Crippen LogP contribution in [0.25, 0.3) is 0 Å². The monoisotopic (exact) mass is 368 g/mol. The third kappa shape index (κ3) is 5.16. The fourth-order valence-corrected chi connectivity index (χ4v) is 2.92. The van der Waals surface area contributed by atoms with Gasteiger partial charge in [0, 0.05) is 62.9 Å². The Bertz CT molecular complexity index is 758. The quantitative estimate of drug-likeness (QED) is 0.595. The number of benzene rings is 1. The van der Waals surface area contributed by atoms with Gasteiger partial charge in [0.2, 0.25) is 5.95 Å². The minimum atomic E-state index is -0.0580. The number of carbonyl (C=O) groups excluding carboxylic acids is 2. The van der Waals surface area contributed by atoms with E-state index < -0.39 is 0 Å². The second-order valence-corrected chi connectivity index (χ2v) is 6.31. The zero-order valence-corrected chi connectivity index (χ0v) is 15.4. The number of hydrogen-bond donors (Lipinski definition) is 2. The van der Waals surface area contributed by atoms with E-state index in [1.807, 2.05) is 29.2 Å². The summed E-state index contributed by atoms with van der Waals surface area (Å²) in [6, 6.07) is 9.32. The molecular formula is C19H24N6O2. The number of nitrogens with one attached hydrogen (secondary N) is 2. The molecule has 2 N–H and O–H groups in total. The van der Waals surface area contributed by atoms with Crippen LogP contribution in [0.5, 0.6) is 0 Å². The average Bonchev–Trinajstić information content (AvgIpc) is 2.72. The number of nitrogens with zero attached hydrogens (tertiary/aromatic N) is 4.